The maximum atomic E-state index is 12.9. The van der Waals surface area contributed by atoms with Crippen LogP contribution in [0.2, 0.25) is 0 Å². The predicted octanol–water partition coefficient (Wildman–Crippen LogP) is 4.08. The smallest absolute Gasteiger partial charge is 0.383 e. The molecule has 108 valence electrons. The molecule has 3 nitrogen and oxygen atoms in total. The van der Waals surface area contributed by atoms with Crippen LogP contribution in [-0.4, -0.2) is 16.1 Å². The number of nitrogens with one attached hydrogen (secondary N) is 1. The number of imidazole rings is 1. The minimum absolute atomic E-state index is 0.0819. The van der Waals surface area contributed by atoms with Crippen molar-refractivity contribution < 1.29 is 13.2 Å². The van der Waals surface area contributed by atoms with E-state index >= 15 is 0 Å². The SMILES string of the molecule is Cc1nccn1CCNc1ccc(Br)cc1C(F)(F)F. The summed E-state index contributed by atoms with van der Waals surface area (Å²) in [6, 6.07) is 4.08. The van der Waals surface area contributed by atoms with Crippen molar-refractivity contribution in [1.82, 2.24) is 9.55 Å². The largest absolute Gasteiger partial charge is 0.418 e. The molecule has 1 aromatic carbocycles. The lowest BCUT2D eigenvalue weighted by Gasteiger charge is -2.15. The number of aryl methyl sites for hydroxylation is 1. The third kappa shape index (κ3) is 3.53. The summed E-state index contributed by atoms with van der Waals surface area (Å²) in [6.07, 6.45) is -0.920. The standard InChI is InChI=1S/C13H13BrF3N3/c1-9-18-4-6-20(9)7-5-19-12-3-2-10(14)8-11(12)13(15,16)17/h2-4,6,8,19H,5,7H2,1H3. The van der Waals surface area contributed by atoms with Gasteiger partial charge in [0, 0.05) is 35.6 Å². The van der Waals surface area contributed by atoms with Crippen molar-refractivity contribution in [1.29, 1.82) is 0 Å². The average Bonchev–Trinajstić information content (AvgIpc) is 2.76. The summed E-state index contributed by atoms with van der Waals surface area (Å²) in [5.41, 5.74) is -0.590. The van der Waals surface area contributed by atoms with E-state index in [2.05, 4.69) is 26.2 Å². The summed E-state index contributed by atoms with van der Waals surface area (Å²) in [5, 5.41) is 2.82. The van der Waals surface area contributed by atoms with Crippen molar-refractivity contribution in [2.75, 3.05) is 11.9 Å². The fourth-order valence-electron chi connectivity index (χ4n) is 1.86. The Balaban J connectivity index is 2.08. The molecule has 0 bridgehead atoms. The zero-order valence-corrected chi connectivity index (χ0v) is 12.3. The molecule has 0 atom stereocenters. The molecule has 1 N–H and O–H groups in total. The van der Waals surface area contributed by atoms with Gasteiger partial charge in [0.05, 0.1) is 5.56 Å². The first-order valence-electron chi connectivity index (χ1n) is 5.96. The number of hydrogen-bond donors (Lipinski definition) is 1. The number of benzene rings is 1. The van der Waals surface area contributed by atoms with Gasteiger partial charge in [-0.2, -0.15) is 13.2 Å². The first-order chi connectivity index (χ1) is 9.38. The molecule has 0 saturated carbocycles. The van der Waals surface area contributed by atoms with E-state index in [4.69, 9.17) is 0 Å². The number of alkyl halides is 3. The Labute approximate surface area is 123 Å². The van der Waals surface area contributed by atoms with Crippen LogP contribution in [0.5, 0.6) is 0 Å². The lowest BCUT2D eigenvalue weighted by atomic mass is 10.1. The van der Waals surface area contributed by atoms with Crippen LogP contribution in [0, 0.1) is 6.92 Å². The molecule has 0 aliphatic heterocycles. The first-order valence-corrected chi connectivity index (χ1v) is 6.75. The highest BCUT2D eigenvalue weighted by Gasteiger charge is 2.33. The molecule has 0 saturated heterocycles. The Morgan fingerprint density at radius 1 is 1.35 bits per heavy atom. The van der Waals surface area contributed by atoms with E-state index in [1.54, 1.807) is 18.5 Å². The van der Waals surface area contributed by atoms with Gasteiger partial charge in [0.15, 0.2) is 0 Å². The number of rotatable bonds is 4. The van der Waals surface area contributed by atoms with E-state index < -0.39 is 11.7 Å². The minimum atomic E-state index is -4.38. The average molecular weight is 348 g/mol. The molecule has 2 aromatic rings. The van der Waals surface area contributed by atoms with Gasteiger partial charge in [0.2, 0.25) is 0 Å². The first kappa shape index (κ1) is 14.9. The molecule has 0 amide bonds. The van der Waals surface area contributed by atoms with Crippen molar-refractivity contribution in [3.8, 4) is 0 Å². The molecule has 0 aliphatic rings. The van der Waals surface area contributed by atoms with Gasteiger partial charge in [0.1, 0.15) is 5.82 Å². The van der Waals surface area contributed by atoms with Gasteiger partial charge in [-0.25, -0.2) is 4.98 Å². The van der Waals surface area contributed by atoms with Crippen LogP contribution in [0.3, 0.4) is 0 Å². The van der Waals surface area contributed by atoms with Crippen LogP contribution in [0.25, 0.3) is 0 Å². The molecule has 2 rings (SSSR count). The molecule has 0 unspecified atom stereocenters. The van der Waals surface area contributed by atoms with Gasteiger partial charge >= 0.3 is 6.18 Å². The Morgan fingerprint density at radius 3 is 2.70 bits per heavy atom. The summed E-state index contributed by atoms with van der Waals surface area (Å²) in [6.45, 7) is 2.79. The van der Waals surface area contributed by atoms with Crippen molar-refractivity contribution in [3.05, 3.63) is 46.5 Å². The van der Waals surface area contributed by atoms with E-state index in [-0.39, 0.29) is 5.69 Å². The lowest BCUT2D eigenvalue weighted by molar-refractivity contribution is -0.137. The van der Waals surface area contributed by atoms with Crippen LogP contribution >= 0.6 is 15.9 Å². The van der Waals surface area contributed by atoms with E-state index in [1.807, 2.05) is 11.5 Å². The van der Waals surface area contributed by atoms with Gasteiger partial charge in [-0.3, -0.25) is 0 Å². The lowest BCUT2D eigenvalue weighted by Crippen LogP contribution is -2.15. The second-order valence-electron chi connectivity index (χ2n) is 4.28. The topological polar surface area (TPSA) is 29.9 Å². The third-order valence-electron chi connectivity index (χ3n) is 2.88. The van der Waals surface area contributed by atoms with E-state index in [1.165, 1.54) is 6.07 Å². The highest BCUT2D eigenvalue weighted by Crippen LogP contribution is 2.36. The Bertz CT molecular complexity index is 593. The highest BCUT2D eigenvalue weighted by molar-refractivity contribution is 9.10. The quantitative estimate of drug-likeness (QED) is 0.902. The summed E-state index contributed by atoms with van der Waals surface area (Å²) >= 11 is 3.06. The number of hydrogen-bond acceptors (Lipinski definition) is 2. The summed E-state index contributed by atoms with van der Waals surface area (Å²) < 4.78 is 41.0. The summed E-state index contributed by atoms with van der Waals surface area (Å²) in [4.78, 5) is 4.06. The van der Waals surface area contributed by atoms with Crippen LogP contribution in [0.1, 0.15) is 11.4 Å². The summed E-state index contributed by atoms with van der Waals surface area (Å²) in [5.74, 6) is 0.832. The van der Waals surface area contributed by atoms with Gasteiger partial charge in [-0.1, -0.05) is 15.9 Å². The van der Waals surface area contributed by atoms with E-state index in [0.29, 0.717) is 17.6 Å². The number of halogens is 4. The van der Waals surface area contributed by atoms with E-state index in [9.17, 15) is 13.2 Å². The molecule has 7 heteroatoms. The van der Waals surface area contributed by atoms with Crippen molar-refractivity contribution in [3.63, 3.8) is 0 Å². The maximum absolute atomic E-state index is 12.9. The highest BCUT2D eigenvalue weighted by atomic mass is 79.9. The van der Waals surface area contributed by atoms with Crippen molar-refractivity contribution in [2.24, 2.45) is 0 Å². The normalized spacial score (nSPS) is 11.7. The fraction of sp³-hybridized carbons (Fsp3) is 0.308. The number of nitrogens with zero attached hydrogens (tertiary/aromatic N) is 2. The molecule has 0 fully saturated rings. The molecule has 0 spiro atoms. The van der Waals surface area contributed by atoms with Crippen LogP contribution in [0.4, 0.5) is 18.9 Å². The monoisotopic (exact) mass is 347 g/mol. The van der Waals surface area contributed by atoms with Crippen molar-refractivity contribution in [2.45, 2.75) is 19.6 Å². The molecular weight excluding hydrogens is 335 g/mol. The minimum Gasteiger partial charge on any atom is -0.383 e. The summed E-state index contributed by atoms with van der Waals surface area (Å²) in [7, 11) is 0. The molecule has 1 heterocycles. The molecular formula is C13H13BrF3N3. The predicted molar refractivity (Wildman–Crippen MR) is 74.6 cm³/mol. The van der Waals surface area contributed by atoms with Crippen LogP contribution in [0.15, 0.2) is 35.1 Å². The Morgan fingerprint density at radius 2 is 2.10 bits per heavy atom. The molecule has 1 aromatic heterocycles. The number of aromatic nitrogens is 2. The van der Waals surface area contributed by atoms with Gasteiger partial charge in [-0.05, 0) is 25.1 Å². The molecule has 0 aliphatic carbocycles. The second-order valence-corrected chi connectivity index (χ2v) is 5.20. The molecule has 20 heavy (non-hydrogen) atoms. The Hall–Kier alpha value is -1.50. The number of anilines is 1. The third-order valence-corrected chi connectivity index (χ3v) is 3.37. The van der Waals surface area contributed by atoms with Crippen LogP contribution < -0.4 is 5.32 Å². The van der Waals surface area contributed by atoms with Gasteiger partial charge in [-0.15, -0.1) is 0 Å². The van der Waals surface area contributed by atoms with E-state index in [0.717, 1.165) is 11.9 Å². The zero-order valence-electron chi connectivity index (χ0n) is 10.7. The van der Waals surface area contributed by atoms with Crippen LogP contribution in [-0.2, 0) is 12.7 Å². The zero-order chi connectivity index (χ0) is 14.8. The Kier molecular flexibility index (Phi) is 4.37. The van der Waals surface area contributed by atoms with Gasteiger partial charge in [0.25, 0.3) is 0 Å². The maximum Gasteiger partial charge on any atom is 0.418 e. The van der Waals surface area contributed by atoms with Gasteiger partial charge < -0.3 is 9.88 Å². The molecule has 0 radical (unpaired) electrons. The second kappa shape index (κ2) is 5.87. The fourth-order valence-corrected chi connectivity index (χ4v) is 2.22. The van der Waals surface area contributed by atoms with Crippen molar-refractivity contribution >= 4 is 21.6 Å².